The normalized spacial score (nSPS) is 12.1. The van der Waals surface area contributed by atoms with Crippen molar-refractivity contribution in [1.29, 1.82) is 0 Å². The fourth-order valence-electron chi connectivity index (χ4n) is 4.11. The van der Waals surface area contributed by atoms with Gasteiger partial charge in [-0.05, 0) is 0 Å². The summed E-state index contributed by atoms with van der Waals surface area (Å²) in [6.07, 6.45) is -1.12. The molecule has 3 rings (SSSR count). The predicted molar refractivity (Wildman–Crippen MR) is 102 cm³/mol. The lowest BCUT2D eigenvalue weighted by atomic mass is 9.22. The molecule has 0 radical (unpaired) electrons. The molecule has 0 saturated heterocycles. The van der Waals surface area contributed by atoms with E-state index in [1.165, 1.54) is 16.4 Å². The van der Waals surface area contributed by atoms with E-state index >= 15 is 0 Å². The second-order valence-corrected chi connectivity index (χ2v) is 7.17. The van der Waals surface area contributed by atoms with Gasteiger partial charge in [-0.1, -0.05) is 91.0 Å². The van der Waals surface area contributed by atoms with Gasteiger partial charge in [-0.3, -0.25) is 0 Å². The molecule has 116 valence electrons. The molecular formula is C21H24BN. The fourth-order valence-corrected chi connectivity index (χ4v) is 4.11. The third kappa shape index (κ3) is 2.60. The zero-order valence-corrected chi connectivity index (χ0v) is 14.2. The molecular weight excluding hydrogens is 277 g/mol. The Morgan fingerprint density at radius 1 is 0.478 bits per heavy atom. The Kier molecular flexibility index (Phi) is 4.10. The molecule has 0 unspecified atom stereocenters. The van der Waals surface area contributed by atoms with Crippen molar-refractivity contribution in [2.24, 2.45) is 0 Å². The molecule has 0 bridgehead atoms. The largest absolute Gasteiger partial charge is 0.511 e. The number of quaternary nitrogens is 1. The van der Waals surface area contributed by atoms with Gasteiger partial charge in [-0.15, -0.1) is 16.4 Å². The van der Waals surface area contributed by atoms with E-state index in [2.05, 4.69) is 112 Å². The lowest BCUT2D eigenvalue weighted by Crippen LogP contribution is -2.82. The standard InChI is InChI=1S/C21H24BN/c1-23(2,3)22(19-13-7-4-8-14-19,20-15-9-5-10-16-20)21-17-11-6-12-18-21/h4-18H,1-3H3. The summed E-state index contributed by atoms with van der Waals surface area (Å²) in [6, 6.07) is 32.8. The summed E-state index contributed by atoms with van der Waals surface area (Å²) in [4.78, 5) is 0. The van der Waals surface area contributed by atoms with Crippen molar-refractivity contribution in [2.75, 3.05) is 21.1 Å². The van der Waals surface area contributed by atoms with E-state index in [1.807, 2.05) is 0 Å². The van der Waals surface area contributed by atoms with Gasteiger partial charge in [0.2, 0.25) is 0 Å². The first-order valence-electron chi connectivity index (χ1n) is 8.20. The predicted octanol–water partition coefficient (Wildman–Crippen LogP) is 2.36. The van der Waals surface area contributed by atoms with Crippen LogP contribution in [0.1, 0.15) is 0 Å². The molecule has 0 aliphatic rings. The van der Waals surface area contributed by atoms with Gasteiger partial charge in [-0.25, -0.2) is 0 Å². The molecule has 0 heterocycles. The maximum absolute atomic E-state index is 2.30. The highest BCUT2D eigenvalue weighted by Gasteiger charge is 2.43. The minimum atomic E-state index is -1.12. The van der Waals surface area contributed by atoms with Gasteiger partial charge in [0.1, 0.15) is 0 Å². The lowest BCUT2D eigenvalue weighted by Gasteiger charge is -2.54. The minimum Gasteiger partial charge on any atom is -0.511 e. The molecule has 0 aliphatic heterocycles. The summed E-state index contributed by atoms with van der Waals surface area (Å²) in [5, 5.41) is 0. The van der Waals surface area contributed by atoms with Gasteiger partial charge >= 0.3 is 0 Å². The van der Waals surface area contributed by atoms with E-state index in [-0.39, 0.29) is 0 Å². The number of hydrogen-bond donors (Lipinski definition) is 0. The monoisotopic (exact) mass is 301 g/mol. The van der Waals surface area contributed by atoms with Crippen LogP contribution < -0.4 is 16.4 Å². The van der Waals surface area contributed by atoms with E-state index in [1.54, 1.807) is 0 Å². The third-order valence-corrected chi connectivity index (χ3v) is 5.01. The first kappa shape index (κ1) is 15.6. The Bertz CT molecular complexity index is 649. The van der Waals surface area contributed by atoms with Gasteiger partial charge in [-0.2, -0.15) is 0 Å². The summed E-state index contributed by atoms with van der Waals surface area (Å²) in [7, 11) is 6.90. The average molecular weight is 301 g/mol. The van der Waals surface area contributed by atoms with Crippen LogP contribution in [-0.2, 0) is 0 Å². The molecule has 3 aromatic carbocycles. The van der Waals surface area contributed by atoms with Gasteiger partial charge < -0.3 is 4.39 Å². The number of nitrogens with zero attached hydrogens (tertiary/aromatic N) is 1. The van der Waals surface area contributed by atoms with E-state index in [9.17, 15) is 0 Å². The Labute approximate surface area is 139 Å². The van der Waals surface area contributed by atoms with E-state index in [0.717, 1.165) is 4.39 Å². The van der Waals surface area contributed by atoms with Crippen LogP contribution >= 0.6 is 0 Å². The van der Waals surface area contributed by atoms with Crippen LogP contribution in [0, 0.1) is 0 Å². The first-order valence-corrected chi connectivity index (χ1v) is 8.20. The van der Waals surface area contributed by atoms with E-state index in [4.69, 9.17) is 0 Å². The van der Waals surface area contributed by atoms with Crippen molar-refractivity contribution < 1.29 is 4.39 Å². The fraction of sp³-hybridized carbons (Fsp3) is 0.143. The van der Waals surface area contributed by atoms with Gasteiger partial charge in [0.25, 0.3) is 6.28 Å². The second-order valence-electron chi connectivity index (χ2n) is 7.17. The minimum absolute atomic E-state index is 0.845. The summed E-state index contributed by atoms with van der Waals surface area (Å²) >= 11 is 0. The van der Waals surface area contributed by atoms with Crippen molar-refractivity contribution in [3.8, 4) is 0 Å². The summed E-state index contributed by atoms with van der Waals surface area (Å²) in [5.41, 5.74) is 4.12. The van der Waals surface area contributed by atoms with E-state index < -0.39 is 6.28 Å². The topological polar surface area (TPSA) is 0 Å². The van der Waals surface area contributed by atoms with Crippen molar-refractivity contribution in [3.05, 3.63) is 91.0 Å². The molecule has 0 atom stereocenters. The smallest absolute Gasteiger partial charge is 0.290 e. The quantitative estimate of drug-likeness (QED) is 0.649. The molecule has 23 heavy (non-hydrogen) atoms. The molecule has 1 nitrogen and oxygen atoms in total. The van der Waals surface area contributed by atoms with Gasteiger partial charge in [0.05, 0.1) is 0 Å². The highest BCUT2D eigenvalue weighted by Crippen LogP contribution is 2.15. The van der Waals surface area contributed by atoms with Crippen LogP contribution in [0.25, 0.3) is 0 Å². The molecule has 0 aliphatic carbocycles. The second kappa shape index (κ2) is 6.06. The van der Waals surface area contributed by atoms with Gasteiger partial charge in [0.15, 0.2) is 0 Å². The number of rotatable bonds is 4. The van der Waals surface area contributed by atoms with E-state index in [0.29, 0.717) is 0 Å². The molecule has 0 aromatic heterocycles. The van der Waals surface area contributed by atoms with Crippen LogP contribution in [0.5, 0.6) is 0 Å². The SMILES string of the molecule is C[N+](C)(C)[B-](c1ccccc1)(c1ccccc1)c1ccccc1. The first-order chi connectivity index (χ1) is 11.1. The molecule has 3 aromatic rings. The van der Waals surface area contributed by atoms with Gasteiger partial charge in [0, 0.05) is 21.1 Å². The maximum Gasteiger partial charge on any atom is 0.290 e. The van der Waals surface area contributed by atoms with Crippen molar-refractivity contribution in [1.82, 2.24) is 0 Å². The Balaban J connectivity index is 2.41. The third-order valence-electron chi connectivity index (χ3n) is 5.01. The summed E-state index contributed by atoms with van der Waals surface area (Å²) in [6.45, 7) is 0. The van der Waals surface area contributed by atoms with Crippen molar-refractivity contribution >= 4 is 22.7 Å². The van der Waals surface area contributed by atoms with Crippen LogP contribution in [0.4, 0.5) is 0 Å². The van der Waals surface area contributed by atoms with Crippen LogP contribution in [0.3, 0.4) is 0 Å². The summed E-state index contributed by atoms with van der Waals surface area (Å²) < 4.78 is 0.845. The molecule has 0 N–H and O–H groups in total. The maximum atomic E-state index is 2.30. The van der Waals surface area contributed by atoms with Crippen molar-refractivity contribution in [2.45, 2.75) is 0 Å². The Morgan fingerprint density at radius 2 is 0.739 bits per heavy atom. The Morgan fingerprint density at radius 3 is 0.957 bits per heavy atom. The van der Waals surface area contributed by atoms with Crippen LogP contribution in [0.15, 0.2) is 91.0 Å². The number of benzene rings is 3. The van der Waals surface area contributed by atoms with Crippen LogP contribution in [-0.4, -0.2) is 31.8 Å². The van der Waals surface area contributed by atoms with Crippen LogP contribution in [0.2, 0.25) is 0 Å². The molecule has 0 amide bonds. The summed E-state index contributed by atoms with van der Waals surface area (Å²) in [5.74, 6) is 0. The number of hydrogen-bond acceptors (Lipinski definition) is 0. The Hall–Kier alpha value is -2.32. The molecule has 0 saturated carbocycles. The average Bonchev–Trinajstić information content (AvgIpc) is 2.57. The zero-order chi connectivity index (χ0) is 16.3. The molecule has 0 spiro atoms. The zero-order valence-electron chi connectivity index (χ0n) is 14.2. The molecule has 2 heteroatoms. The molecule has 0 fully saturated rings. The lowest BCUT2D eigenvalue weighted by molar-refractivity contribution is -0.763. The highest BCUT2D eigenvalue weighted by molar-refractivity contribution is 7.06. The van der Waals surface area contributed by atoms with Crippen molar-refractivity contribution in [3.63, 3.8) is 0 Å². The highest BCUT2D eigenvalue weighted by atomic mass is 15.2.